The second-order valence-electron chi connectivity index (χ2n) is 4.54. The molecule has 0 fully saturated rings. The number of hydrogen-bond acceptors (Lipinski definition) is 3. The van der Waals surface area contributed by atoms with Gasteiger partial charge in [0.25, 0.3) is 0 Å². The number of nitrogens with two attached hydrogens (primary N) is 1. The Morgan fingerprint density at radius 3 is 2.86 bits per heavy atom. The second kappa shape index (κ2) is 5.23. The van der Waals surface area contributed by atoms with E-state index in [-0.39, 0.29) is 0 Å². The second-order valence-corrected chi connectivity index (χ2v) is 4.54. The van der Waals surface area contributed by atoms with Crippen LogP contribution in [-0.2, 0) is 0 Å². The van der Waals surface area contributed by atoms with Crippen molar-refractivity contribution >= 4 is 5.96 Å². The minimum atomic E-state index is 0.567. The zero-order valence-corrected chi connectivity index (χ0v) is 9.66. The zero-order chi connectivity index (χ0) is 10.6. The molecule has 0 saturated heterocycles. The molecule has 0 amide bonds. The van der Waals surface area contributed by atoms with E-state index in [1.165, 1.54) is 19.3 Å². The topological polar surface area (TPSA) is 41.6 Å². The number of unbranched alkanes of at least 4 members (excludes halogenated alkanes) is 1. The van der Waals surface area contributed by atoms with Crippen LogP contribution in [0.15, 0.2) is 4.99 Å². The van der Waals surface area contributed by atoms with Gasteiger partial charge in [0.15, 0.2) is 5.96 Å². The van der Waals surface area contributed by atoms with Gasteiger partial charge in [0.05, 0.1) is 12.6 Å². The van der Waals surface area contributed by atoms with Gasteiger partial charge in [-0.2, -0.15) is 0 Å². The molecule has 0 radical (unpaired) electrons. The quantitative estimate of drug-likeness (QED) is 0.730. The molecule has 1 heterocycles. The average Bonchev–Trinajstić information content (AvgIpc) is 2.45. The summed E-state index contributed by atoms with van der Waals surface area (Å²) in [7, 11) is 0. The lowest BCUT2D eigenvalue weighted by atomic mass is 10.1. The smallest absolute Gasteiger partial charge is 0.191 e. The first-order valence-corrected chi connectivity index (χ1v) is 5.71. The van der Waals surface area contributed by atoms with E-state index in [1.807, 2.05) is 0 Å². The Morgan fingerprint density at radius 1 is 1.57 bits per heavy atom. The monoisotopic (exact) mass is 197 g/mol. The van der Waals surface area contributed by atoms with Crippen LogP contribution in [0.4, 0.5) is 0 Å². The first-order chi connectivity index (χ1) is 6.65. The van der Waals surface area contributed by atoms with Gasteiger partial charge in [0.1, 0.15) is 0 Å². The van der Waals surface area contributed by atoms with Crippen molar-refractivity contribution in [1.29, 1.82) is 0 Å². The standard InChI is InChI=1S/C11H23N3/c1-4-5-6-10-7-13-11(12)14(10)8-9(2)3/h9-10H,4-8H2,1-3H3,(H2,12,13). The van der Waals surface area contributed by atoms with Gasteiger partial charge in [-0.15, -0.1) is 0 Å². The molecule has 2 N–H and O–H groups in total. The number of nitrogens with zero attached hydrogens (tertiary/aromatic N) is 2. The molecule has 0 aromatic rings. The number of hydrogen-bond donors (Lipinski definition) is 1. The molecule has 0 saturated carbocycles. The van der Waals surface area contributed by atoms with Crippen molar-refractivity contribution in [2.24, 2.45) is 16.6 Å². The van der Waals surface area contributed by atoms with Gasteiger partial charge in [-0.1, -0.05) is 33.6 Å². The summed E-state index contributed by atoms with van der Waals surface area (Å²) in [5.41, 5.74) is 5.87. The summed E-state index contributed by atoms with van der Waals surface area (Å²) in [5, 5.41) is 0. The Morgan fingerprint density at radius 2 is 2.29 bits per heavy atom. The Bertz CT molecular complexity index is 199. The summed E-state index contributed by atoms with van der Waals surface area (Å²) in [5.74, 6) is 1.41. The highest BCUT2D eigenvalue weighted by atomic mass is 15.3. The first kappa shape index (κ1) is 11.3. The maximum Gasteiger partial charge on any atom is 0.191 e. The predicted octanol–water partition coefficient (Wildman–Crippen LogP) is 1.83. The van der Waals surface area contributed by atoms with Gasteiger partial charge in [-0.25, -0.2) is 0 Å². The molecule has 1 rings (SSSR count). The molecule has 82 valence electrons. The maximum absolute atomic E-state index is 5.87. The molecule has 1 aliphatic heterocycles. The highest BCUT2D eigenvalue weighted by molar-refractivity contribution is 5.80. The van der Waals surface area contributed by atoms with E-state index in [4.69, 9.17) is 5.73 Å². The van der Waals surface area contributed by atoms with Gasteiger partial charge >= 0.3 is 0 Å². The fourth-order valence-corrected chi connectivity index (χ4v) is 1.90. The third-order valence-electron chi connectivity index (χ3n) is 2.65. The summed E-state index contributed by atoms with van der Waals surface area (Å²) in [6.45, 7) is 8.62. The van der Waals surface area contributed by atoms with E-state index in [2.05, 4.69) is 30.7 Å². The van der Waals surface area contributed by atoms with E-state index in [0.29, 0.717) is 12.0 Å². The van der Waals surface area contributed by atoms with Crippen molar-refractivity contribution in [3.8, 4) is 0 Å². The van der Waals surface area contributed by atoms with E-state index in [0.717, 1.165) is 19.0 Å². The fraction of sp³-hybridized carbons (Fsp3) is 0.909. The van der Waals surface area contributed by atoms with Crippen LogP contribution in [0.1, 0.15) is 40.0 Å². The van der Waals surface area contributed by atoms with Gasteiger partial charge in [0, 0.05) is 6.54 Å². The van der Waals surface area contributed by atoms with E-state index < -0.39 is 0 Å². The Hall–Kier alpha value is -0.730. The third-order valence-corrected chi connectivity index (χ3v) is 2.65. The van der Waals surface area contributed by atoms with Crippen molar-refractivity contribution in [1.82, 2.24) is 4.90 Å². The van der Waals surface area contributed by atoms with Crippen LogP contribution >= 0.6 is 0 Å². The summed E-state index contributed by atoms with van der Waals surface area (Å²) >= 11 is 0. The molecule has 3 heteroatoms. The molecule has 1 aliphatic rings. The molecule has 0 spiro atoms. The SMILES string of the molecule is CCCCC1CN=C(N)N1CC(C)C. The van der Waals surface area contributed by atoms with Crippen molar-refractivity contribution in [3.63, 3.8) is 0 Å². The normalized spacial score (nSPS) is 21.9. The maximum atomic E-state index is 5.87. The Balaban J connectivity index is 2.44. The van der Waals surface area contributed by atoms with Gasteiger partial charge < -0.3 is 10.6 Å². The Labute approximate surface area is 87.4 Å². The van der Waals surface area contributed by atoms with Crippen LogP contribution in [0.3, 0.4) is 0 Å². The third kappa shape index (κ3) is 2.89. The molecule has 0 bridgehead atoms. The van der Waals surface area contributed by atoms with E-state index >= 15 is 0 Å². The molecule has 14 heavy (non-hydrogen) atoms. The van der Waals surface area contributed by atoms with Crippen LogP contribution in [0.2, 0.25) is 0 Å². The van der Waals surface area contributed by atoms with Crippen molar-refractivity contribution < 1.29 is 0 Å². The van der Waals surface area contributed by atoms with E-state index in [1.54, 1.807) is 0 Å². The first-order valence-electron chi connectivity index (χ1n) is 5.71. The molecule has 3 nitrogen and oxygen atoms in total. The van der Waals surface area contributed by atoms with Crippen LogP contribution in [0.5, 0.6) is 0 Å². The largest absolute Gasteiger partial charge is 0.370 e. The molecule has 1 atom stereocenters. The summed E-state index contributed by atoms with van der Waals surface area (Å²) in [6, 6.07) is 0.567. The van der Waals surface area contributed by atoms with Gasteiger partial charge in [-0.05, 0) is 12.3 Å². The van der Waals surface area contributed by atoms with Crippen molar-refractivity contribution in [2.75, 3.05) is 13.1 Å². The minimum absolute atomic E-state index is 0.567. The van der Waals surface area contributed by atoms with Crippen LogP contribution in [-0.4, -0.2) is 30.0 Å². The average molecular weight is 197 g/mol. The lowest BCUT2D eigenvalue weighted by Crippen LogP contribution is -2.42. The lowest BCUT2D eigenvalue weighted by Gasteiger charge is -2.27. The lowest BCUT2D eigenvalue weighted by molar-refractivity contribution is 0.287. The van der Waals surface area contributed by atoms with Gasteiger partial charge in [-0.3, -0.25) is 4.99 Å². The molecular weight excluding hydrogens is 174 g/mol. The number of rotatable bonds is 5. The van der Waals surface area contributed by atoms with Crippen molar-refractivity contribution in [3.05, 3.63) is 0 Å². The molecular formula is C11H23N3. The van der Waals surface area contributed by atoms with Crippen LogP contribution < -0.4 is 5.73 Å². The van der Waals surface area contributed by atoms with Crippen LogP contribution in [0.25, 0.3) is 0 Å². The summed E-state index contributed by atoms with van der Waals surface area (Å²) < 4.78 is 0. The van der Waals surface area contributed by atoms with Crippen molar-refractivity contribution in [2.45, 2.75) is 46.1 Å². The molecule has 0 aromatic carbocycles. The number of aliphatic imine (C=N–C) groups is 1. The highest BCUT2D eigenvalue weighted by Crippen LogP contribution is 2.16. The molecule has 0 aromatic heterocycles. The molecule has 0 aliphatic carbocycles. The zero-order valence-electron chi connectivity index (χ0n) is 9.66. The summed E-state index contributed by atoms with van der Waals surface area (Å²) in [6.07, 6.45) is 3.77. The minimum Gasteiger partial charge on any atom is -0.370 e. The van der Waals surface area contributed by atoms with Crippen LogP contribution in [0, 0.1) is 5.92 Å². The fourth-order valence-electron chi connectivity index (χ4n) is 1.90. The summed E-state index contributed by atoms with van der Waals surface area (Å²) in [4.78, 5) is 6.60. The van der Waals surface area contributed by atoms with Gasteiger partial charge in [0.2, 0.25) is 0 Å². The van der Waals surface area contributed by atoms with E-state index in [9.17, 15) is 0 Å². The molecule has 1 unspecified atom stereocenters. The predicted molar refractivity (Wildman–Crippen MR) is 61.3 cm³/mol. The number of guanidine groups is 1. The Kier molecular flexibility index (Phi) is 4.23. The highest BCUT2D eigenvalue weighted by Gasteiger charge is 2.25.